The van der Waals surface area contributed by atoms with E-state index in [1.165, 1.54) is 17.2 Å². The molecule has 2 unspecified atom stereocenters. The molecule has 0 spiro atoms. The van der Waals surface area contributed by atoms with Gasteiger partial charge in [0.05, 0.1) is 12.9 Å². The standard InChI is InChI=1S/C16H25N5O6/c1-8(4-22)2-3-17-14-10-15(19-6-18-14)21(7-20-10)16-13(26)12(25)11(24)9(5-23)27-16/h6-9,11-13,16,22-26H,2-5H2,1H3,(H,17,18,19)/t8?,9-,11-,12+,13-,16?/m1/s1. The van der Waals surface area contributed by atoms with Gasteiger partial charge in [-0.05, 0) is 12.3 Å². The second-order valence-corrected chi connectivity index (χ2v) is 6.77. The molecule has 6 N–H and O–H groups in total. The van der Waals surface area contributed by atoms with Gasteiger partial charge in [-0.15, -0.1) is 0 Å². The Bertz CT molecular complexity index is 756. The fourth-order valence-electron chi connectivity index (χ4n) is 3.01. The van der Waals surface area contributed by atoms with E-state index in [-0.39, 0.29) is 12.5 Å². The highest BCUT2D eigenvalue weighted by atomic mass is 16.6. The Labute approximate surface area is 155 Å². The van der Waals surface area contributed by atoms with Gasteiger partial charge in [-0.3, -0.25) is 4.57 Å². The molecule has 11 nitrogen and oxygen atoms in total. The van der Waals surface area contributed by atoms with Gasteiger partial charge in [0, 0.05) is 13.2 Å². The van der Waals surface area contributed by atoms with Gasteiger partial charge in [-0.2, -0.15) is 0 Å². The maximum Gasteiger partial charge on any atom is 0.167 e. The lowest BCUT2D eigenvalue weighted by molar-refractivity contribution is -0.250. The van der Waals surface area contributed by atoms with Gasteiger partial charge < -0.3 is 35.6 Å². The van der Waals surface area contributed by atoms with Crippen molar-refractivity contribution in [1.82, 2.24) is 19.5 Å². The van der Waals surface area contributed by atoms with Crippen LogP contribution in [0.3, 0.4) is 0 Å². The van der Waals surface area contributed by atoms with Crippen molar-refractivity contribution in [3.63, 3.8) is 0 Å². The van der Waals surface area contributed by atoms with Crippen molar-refractivity contribution in [2.45, 2.75) is 44.0 Å². The number of imidazole rings is 1. The normalized spacial score (nSPS) is 29.8. The van der Waals surface area contributed by atoms with Crippen LogP contribution in [0.25, 0.3) is 11.2 Å². The Morgan fingerprint density at radius 2 is 1.93 bits per heavy atom. The van der Waals surface area contributed by atoms with Crippen LogP contribution in [-0.4, -0.2) is 89.2 Å². The molecule has 0 amide bonds. The third kappa shape index (κ3) is 3.88. The maximum absolute atomic E-state index is 10.3. The number of nitrogens with one attached hydrogen (secondary N) is 1. The molecule has 1 saturated heterocycles. The number of aliphatic hydroxyl groups is 5. The van der Waals surface area contributed by atoms with Gasteiger partial charge in [0.2, 0.25) is 0 Å². The summed E-state index contributed by atoms with van der Waals surface area (Å²) in [5.41, 5.74) is 0.818. The van der Waals surface area contributed by atoms with Crippen LogP contribution in [0.1, 0.15) is 19.6 Å². The van der Waals surface area contributed by atoms with E-state index < -0.39 is 37.3 Å². The molecule has 150 valence electrons. The topological polar surface area (TPSA) is 166 Å². The number of aliphatic hydroxyl groups excluding tert-OH is 5. The van der Waals surface area contributed by atoms with E-state index in [2.05, 4.69) is 20.3 Å². The summed E-state index contributed by atoms with van der Waals surface area (Å²) in [6, 6.07) is 0. The van der Waals surface area contributed by atoms with E-state index in [0.717, 1.165) is 6.42 Å². The lowest BCUT2D eigenvalue weighted by atomic mass is 9.98. The van der Waals surface area contributed by atoms with E-state index >= 15 is 0 Å². The number of fused-ring (bicyclic) bond motifs is 1. The van der Waals surface area contributed by atoms with Gasteiger partial charge in [0.1, 0.15) is 30.7 Å². The minimum Gasteiger partial charge on any atom is -0.396 e. The first-order valence-electron chi connectivity index (χ1n) is 8.80. The molecule has 3 heterocycles. The Balaban J connectivity index is 1.85. The first-order valence-corrected chi connectivity index (χ1v) is 8.80. The molecule has 0 radical (unpaired) electrons. The molecular weight excluding hydrogens is 358 g/mol. The van der Waals surface area contributed by atoms with Crippen molar-refractivity contribution in [3.8, 4) is 0 Å². The molecule has 0 aromatic carbocycles. The third-order valence-electron chi connectivity index (χ3n) is 4.74. The third-order valence-corrected chi connectivity index (χ3v) is 4.74. The fourth-order valence-corrected chi connectivity index (χ4v) is 3.01. The Hall–Kier alpha value is -1.89. The monoisotopic (exact) mass is 383 g/mol. The van der Waals surface area contributed by atoms with Crippen LogP contribution in [0.15, 0.2) is 12.7 Å². The SMILES string of the molecule is CC(CO)CCNc1ncnc2c1ncn2C1O[C@H](CO)[C@@H](O)[C@H](O)[C@H]1O. The number of rotatable bonds is 7. The zero-order valence-corrected chi connectivity index (χ0v) is 14.9. The van der Waals surface area contributed by atoms with E-state index in [0.29, 0.717) is 23.5 Å². The number of hydrogen-bond acceptors (Lipinski definition) is 10. The predicted octanol–water partition coefficient (Wildman–Crippen LogP) is -1.77. The summed E-state index contributed by atoms with van der Waals surface area (Å²) >= 11 is 0. The number of aromatic nitrogens is 4. The number of ether oxygens (including phenoxy) is 1. The molecule has 11 heteroatoms. The van der Waals surface area contributed by atoms with Crippen LogP contribution in [0.4, 0.5) is 5.82 Å². The minimum absolute atomic E-state index is 0.104. The largest absolute Gasteiger partial charge is 0.396 e. The van der Waals surface area contributed by atoms with E-state index in [4.69, 9.17) is 9.84 Å². The molecule has 27 heavy (non-hydrogen) atoms. The summed E-state index contributed by atoms with van der Waals surface area (Å²) in [5, 5.41) is 51.8. The van der Waals surface area contributed by atoms with Crippen molar-refractivity contribution in [2.75, 3.05) is 25.1 Å². The first kappa shape index (κ1) is 19.9. The van der Waals surface area contributed by atoms with Crippen LogP contribution in [0.2, 0.25) is 0 Å². The quantitative estimate of drug-likeness (QED) is 0.322. The molecule has 2 aromatic rings. The summed E-state index contributed by atoms with van der Waals surface area (Å²) in [7, 11) is 0. The summed E-state index contributed by atoms with van der Waals surface area (Å²) in [5.74, 6) is 0.648. The van der Waals surface area contributed by atoms with E-state index in [1.54, 1.807) is 0 Å². The first-order chi connectivity index (χ1) is 13.0. The van der Waals surface area contributed by atoms with E-state index in [9.17, 15) is 20.4 Å². The highest BCUT2D eigenvalue weighted by Crippen LogP contribution is 2.31. The van der Waals surface area contributed by atoms with Crippen molar-refractivity contribution in [3.05, 3.63) is 12.7 Å². The summed E-state index contributed by atoms with van der Waals surface area (Å²) in [4.78, 5) is 12.6. The van der Waals surface area contributed by atoms with Crippen LogP contribution < -0.4 is 5.32 Å². The molecule has 3 rings (SSSR count). The van der Waals surface area contributed by atoms with Crippen molar-refractivity contribution in [1.29, 1.82) is 0 Å². The molecule has 0 saturated carbocycles. The second-order valence-electron chi connectivity index (χ2n) is 6.77. The van der Waals surface area contributed by atoms with Gasteiger partial charge in [-0.25, -0.2) is 15.0 Å². The van der Waals surface area contributed by atoms with Gasteiger partial charge >= 0.3 is 0 Å². The molecule has 2 aromatic heterocycles. The lowest BCUT2D eigenvalue weighted by Crippen LogP contribution is -2.56. The smallest absolute Gasteiger partial charge is 0.167 e. The zero-order valence-electron chi connectivity index (χ0n) is 14.9. The van der Waals surface area contributed by atoms with E-state index in [1.807, 2.05) is 6.92 Å². The Morgan fingerprint density at radius 3 is 2.63 bits per heavy atom. The summed E-state index contributed by atoms with van der Waals surface area (Å²) in [6.07, 6.45) is -2.98. The fraction of sp³-hybridized carbons (Fsp3) is 0.688. The highest BCUT2D eigenvalue weighted by Gasteiger charge is 2.44. The highest BCUT2D eigenvalue weighted by molar-refractivity contribution is 5.82. The van der Waals surface area contributed by atoms with Crippen molar-refractivity contribution >= 4 is 17.0 Å². The molecule has 1 aliphatic rings. The summed E-state index contributed by atoms with van der Waals surface area (Å²) in [6.45, 7) is 2.11. The second kappa shape index (κ2) is 8.42. The Morgan fingerprint density at radius 1 is 1.15 bits per heavy atom. The Kier molecular flexibility index (Phi) is 6.19. The maximum atomic E-state index is 10.3. The van der Waals surface area contributed by atoms with Gasteiger partial charge in [-0.1, -0.05) is 6.92 Å². The van der Waals surface area contributed by atoms with Crippen LogP contribution >= 0.6 is 0 Å². The molecule has 6 atom stereocenters. The average Bonchev–Trinajstić information content (AvgIpc) is 3.11. The molecule has 1 fully saturated rings. The van der Waals surface area contributed by atoms with Crippen molar-refractivity contribution < 1.29 is 30.3 Å². The van der Waals surface area contributed by atoms with Gasteiger partial charge in [0.15, 0.2) is 23.2 Å². The molecule has 0 bridgehead atoms. The van der Waals surface area contributed by atoms with Crippen molar-refractivity contribution in [2.24, 2.45) is 5.92 Å². The van der Waals surface area contributed by atoms with Crippen LogP contribution in [0.5, 0.6) is 0 Å². The van der Waals surface area contributed by atoms with Crippen LogP contribution in [-0.2, 0) is 4.74 Å². The predicted molar refractivity (Wildman–Crippen MR) is 93.7 cm³/mol. The average molecular weight is 383 g/mol. The number of hydrogen-bond donors (Lipinski definition) is 6. The van der Waals surface area contributed by atoms with Crippen LogP contribution in [0, 0.1) is 5.92 Å². The number of nitrogens with zero attached hydrogens (tertiary/aromatic N) is 4. The molecular formula is C16H25N5O6. The minimum atomic E-state index is -1.49. The lowest BCUT2D eigenvalue weighted by Gasteiger charge is -2.40. The zero-order chi connectivity index (χ0) is 19.6. The number of anilines is 1. The summed E-state index contributed by atoms with van der Waals surface area (Å²) < 4.78 is 6.99. The molecule has 1 aliphatic heterocycles. The molecule has 0 aliphatic carbocycles. The van der Waals surface area contributed by atoms with Gasteiger partial charge in [0.25, 0.3) is 0 Å².